The molecule has 10 nitrogen and oxygen atoms in total. The zero-order chi connectivity index (χ0) is 16.9. The number of nitro groups is 2. The van der Waals surface area contributed by atoms with Gasteiger partial charge in [-0.1, -0.05) is 12.1 Å². The summed E-state index contributed by atoms with van der Waals surface area (Å²) >= 11 is 0. The number of nitrogens with two attached hydrogens (primary N) is 2. The Morgan fingerprint density at radius 1 is 0.773 bits per heavy atom. The van der Waals surface area contributed by atoms with E-state index in [-0.39, 0.29) is 11.4 Å². The number of hydrogen-bond acceptors (Lipinski definition) is 8. The van der Waals surface area contributed by atoms with Gasteiger partial charge in [0.2, 0.25) is 0 Å². The standard InChI is InChI=1S/2C6H6N2O3/c2*7-4-2-1-3-5(9)6(4)8(10)11/h2*1-3,9H,7H2. The minimum atomic E-state index is -0.718. The molecule has 0 spiro atoms. The number of benzene rings is 2. The smallest absolute Gasteiger partial charge is 0.333 e. The number of nitrogen functional groups attached to an aromatic ring is 2. The number of aromatic hydroxyl groups is 2. The Hall–Kier alpha value is -3.56. The van der Waals surface area contributed by atoms with E-state index in [1.165, 1.54) is 36.4 Å². The average Bonchev–Trinajstić information content (AvgIpc) is 2.38. The molecule has 0 fully saturated rings. The lowest BCUT2D eigenvalue weighted by molar-refractivity contribution is -0.385. The van der Waals surface area contributed by atoms with Crippen molar-refractivity contribution in [2.45, 2.75) is 0 Å². The van der Waals surface area contributed by atoms with E-state index >= 15 is 0 Å². The molecule has 0 radical (unpaired) electrons. The molecule has 116 valence electrons. The van der Waals surface area contributed by atoms with Crippen LogP contribution in [0.1, 0.15) is 0 Å². The second-order valence-electron chi connectivity index (χ2n) is 3.94. The van der Waals surface area contributed by atoms with Crippen molar-refractivity contribution in [3.63, 3.8) is 0 Å². The van der Waals surface area contributed by atoms with Gasteiger partial charge in [0.05, 0.1) is 9.85 Å². The van der Waals surface area contributed by atoms with E-state index in [0.29, 0.717) is 0 Å². The Labute approximate surface area is 123 Å². The van der Waals surface area contributed by atoms with Crippen LogP contribution in [0.2, 0.25) is 0 Å². The fourth-order valence-corrected chi connectivity index (χ4v) is 1.50. The van der Waals surface area contributed by atoms with Crippen LogP contribution < -0.4 is 11.5 Å². The van der Waals surface area contributed by atoms with E-state index in [1.807, 2.05) is 0 Å². The number of phenols is 2. The van der Waals surface area contributed by atoms with Gasteiger partial charge in [-0.3, -0.25) is 20.2 Å². The van der Waals surface area contributed by atoms with Crippen molar-refractivity contribution in [2.75, 3.05) is 11.5 Å². The summed E-state index contributed by atoms with van der Waals surface area (Å²) in [6.07, 6.45) is 0. The molecule has 0 heterocycles. The predicted octanol–water partition coefficient (Wildman–Crippen LogP) is 1.77. The molecule has 2 aromatic rings. The van der Waals surface area contributed by atoms with Crippen molar-refractivity contribution in [1.29, 1.82) is 0 Å². The molecular formula is C12H12N4O6. The molecule has 0 unspecified atom stereocenters. The number of rotatable bonds is 2. The molecule has 0 saturated carbocycles. The Balaban J connectivity index is 0.000000220. The van der Waals surface area contributed by atoms with E-state index < -0.39 is 32.7 Å². The number of para-hydroxylation sites is 2. The number of phenolic OH excluding ortho intramolecular Hbond substituents is 2. The summed E-state index contributed by atoms with van der Waals surface area (Å²) in [5.74, 6) is -0.815. The summed E-state index contributed by atoms with van der Waals surface area (Å²) in [5, 5.41) is 38.3. The second-order valence-corrected chi connectivity index (χ2v) is 3.94. The predicted molar refractivity (Wildman–Crippen MR) is 78.3 cm³/mol. The summed E-state index contributed by atoms with van der Waals surface area (Å²) in [5.41, 5.74) is 9.50. The zero-order valence-corrected chi connectivity index (χ0v) is 11.0. The van der Waals surface area contributed by atoms with Gasteiger partial charge in [-0.15, -0.1) is 0 Å². The molecule has 0 bridgehead atoms. The number of nitro benzene ring substituents is 2. The highest BCUT2D eigenvalue weighted by Crippen LogP contribution is 2.31. The minimum Gasteiger partial charge on any atom is -0.502 e. The molecule has 0 amide bonds. The quantitative estimate of drug-likeness (QED) is 0.368. The minimum absolute atomic E-state index is 0.0324. The van der Waals surface area contributed by atoms with Gasteiger partial charge in [-0.2, -0.15) is 0 Å². The second kappa shape index (κ2) is 6.74. The van der Waals surface area contributed by atoms with Crippen LogP contribution >= 0.6 is 0 Å². The van der Waals surface area contributed by atoms with Gasteiger partial charge in [0.25, 0.3) is 0 Å². The van der Waals surface area contributed by atoms with Gasteiger partial charge in [-0.25, -0.2) is 0 Å². The van der Waals surface area contributed by atoms with E-state index in [9.17, 15) is 20.2 Å². The normalized spacial score (nSPS) is 9.45. The van der Waals surface area contributed by atoms with Crippen molar-refractivity contribution < 1.29 is 20.1 Å². The number of anilines is 2. The van der Waals surface area contributed by atoms with Gasteiger partial charge < -0.3 is 21.7 Å². The lowest BCUT2D eigenvalue weighted by Gasteiger charge is -1.97. The van der Waals surface area contributed by atoms with Crippen LogP contribution in [0.5, 0.6) is 11.5 Å². The first-order chi connectivity index (χ1) is 10.3. The highest BCUT2D eigenvalue weighted by atomic mass is 16.6. The van der Waals surface area contributed by atoms with Crippen LogP contribution in [0.25, 0.3) is 0 Å². The average molecular weight is 308 g/mol. The molecule has 0 atom stereocenters. The summed E-state index contributed by atoms with van der Waals surface area (Å²) in [6.45, 7) is 0. The molecule has 2 rings (SSSR count). The third-order valence-electron chi connectivity index (χ3n) is 2.46. The maximum atomic E-state index is 10.2. The molecule has 6 N–H and O–H groups in total. The molecule has 10 heteroatoms. The molecule has 0 aliphatic rings. The number of nitrogens with zero attached hydrogens (tertiary/aromatic N) is 2. The van der Waals surface area contributed by atoms with E-state index in [0.717, 1.165) is 0 Å². The molecular weight excluding hydrogens is 296 g/mol. The van der Waals surface area contributed by atoms with Crippen molar-refractivity contribution in [1.82, 2.24) is 0 Å². The first-order valence-corrected chi connectivity index (χ1v) is 5.69. The maximum Gasteiger partial charge on any atom is 0.333 e. The monoisotopic (exact) mass is 308 g/mol. The molecule has 0 saturated heterocycles. The van der Waals surface area contributed by atoms with Gasteiger partial charge >= 0.3 is 11.4 Å². The summed E-state index contributed by atoms with van der Waals surface area (Å²) in [7, 11) is 0. The van der Waals surface area contributed by atoms with Gasteiger partial charge in [0, 0.05) is 0 Å². The molecule has 2 aromatic carbocycles. The molecule has 0 aliphatic carbocycles. The highest BCUT2D eigenvalue weighted by molar-refractivity contribution is 5.65. The highest BCUT2D eigenvalue weighted by Gasteiger charge is 2.16. The third kappa shape index (κ3) is 3.72. The van der Waals surface area contributed by atoms with Crippen molar-refractivity contribution in [3.05, 3.63) is 56.6 Å². The van der Waals surface area contributed by atoms with Gasteiger partial charge in [0.15, 0.2) is 11.5 Å². The van der Waals surface area contributed by atoms with Crippen LogP contribution in [0.3, 0.4) is 0 Å². The molecule has 0 aliphatic heterocycles. The third-order valence-corrected chi connectivity index (χ3v) is 2.46. The van der Waals surface area contributed by atoms with Crippen molar-refractivity contribution in [2.24, 2.45) is 0 Å². The van der Waals surface area contributed by atoms with Gasteiger partial charge in [0.1, 0.15) is 11.4 Å². The van der Waals surface area contributed by atoms with Crippen LogP contribution in [0, 0.1) is 20.2 Å². The Bertz CT molecular complexity index is 617. The fraction of sp³-hybridized carbons (Fsp3) is 0. The van der Waals surface area contributed by atoms with Crippen LogP contribution in [0.15, 0.2) is 36.4 Å². The van der Waals surface area contributed by atoms with Crippen molar-refractivity contribution in [3.8, 4) is 11.5 Å². The zero-order valence-electron chi connectivity index (χ0n) is 11.0. The van der Waals surface area contributed by atoms with E-state index in [2.05, 4.69) is 0 Å². The lowest BCUT2D eigenvalue weighted by Crippen LogP contribution is -1.94. The first kappa shape index (κ1) is 16.5. The van der Waals surface area contributed by atoms with E-state index in [4.69, 9.17) is 21.7 Å². The molecule has 0 aromatic heterocycles. The topological polar surface area (TPSA) is 179 Å². The van der Waals surface area contributed by atoms with Crippen LogP contribution in [0.4, 0.5) is 22.7 Å². The van der Waals surface area contributed by atoms with Crippen LogP contribution in [-0.4, -0.2) is 20.1 Å². The maximum absolute atomic E-state index is 10.2. The summed E-state index contributed by atoms with van der Waals surface area (Å²) < 4.78 is 0. The first-order valence-electron chi connectivity index (χ1n) is 5.69. The Morgan fingerprint density at radius 2 is 1.09 bits per heavy atom. The largest absolute Gasteiger partial charge is 0.502 e. The number of hydrogen-bond donors (Lipinski definition) is 4. The van der Waals surface area contributed by atoms with Crippen molar-refractivity contribution >= 4 is 22.7 Å². The lowest BCUT2D eigenvalue weighted by atomic mass is 10.2. The Morgan fingerprint density at radius 3 is 1.27 bits per heavy atom. The summed E-state index contributed by atoms with van der Waals surface area (Å²) in [6, 6.07) is 8.04. The Kier molecular flexibility index (Phi) is 5.06. The SMILES string of the molecule is Nc1cccc(O)c1[N+](=O)[O-].Nc1cccc(O)c1[N+](=O)[O-]. The fourth-order valence-electron chi connectivity index (χ4n) is 1.50. The molecule has 22 heavy (non-hydrogen) atoms. The van der Waals surface area contributed by atoms with E-state index in [1.54, 1.807) is 0 Å². The summed E-state index contributed by atoms with van der Waals surface area (Å²) in [4.78, 5) is 19.0. The van der Waals surface area contributed by atoms with Gasteiger partial charge in [-0.05, 0) is 24.3 Å². The van der Waals surface area contributed by atoms with Crippen LogP contribution in [-0.2, 0) is 0 Å².